The molecule has 20 heavy (non-hydrogen) atoms. The second kappa shape index (κ2) is 7.53. The summed E-state index contributed by atoms with van der Waals surface area (Å²) < 4.78 is 0. The maximum Gasteiger partial charge on any atom is 0.0367 e. The first-order chi connectivity index (χ1) is 9.74. The largest absolute Gasteiger partial charge is 0.383 e. The van der Waals surface area contributed by atoms with Crippen molar-refractivity contribution in [3.63, 3.8) is 0 Å². The Balaban J connectivity index is 1.87. The summed E-state index contributed by atoms with van der Waals surface area (Å²) in [6.45, 7) is 8.84. The third-order valence-electron chi connectivity index (χ3n) is 4.46. The molecule has 0 aliphatic carbocycles. The van der Waals surface area contributed by atoms with Gasteiger partial charge in [-0.1, -0.05) is 6.42 Å². The number of benzene rings is 1. The summed E-state index contributed by atoms with van der Waals surface area (Å²) in [6, 6.07) is 9.54. The Bertz CT molecular complexity index is 384. The number of likely N-dealkylation sites (tertiary alicyclic amines) is 1. The molecule has 1 aromatic carbocycles. The van der Waals surface area contributed by atoms with E-state index in [1.807, 2.05) is 0 Å². The third-order valence-corrected chi connectivity index (χ3v) is 4.46. The Morgan fingerprint density at radius 2 is 1.85 bits per heavy atom. The Kier molecular flexibility index (Phi) is 5.72. The Labute approximate surface area is 124 Å². The van der Waals surface area contributed by atoms with E-state index in [4.69, 9.17) is 0 Å². The number of nitrogens with zero attached hydrogens (tertiary/aromatic N) is 2. The maximum absolute atomic E-state index is 3.59. The molecule has 1 heterocycles. The van der Waals surface area contributed by atoms with E-state index in [1.165, 1.54) is 37.2 Å². The number of piperidine rings is 1. The standard InChI is InChI=1S/C17H29N3/c1-4-20(5-2)16-11-9-15(10-12-16)18-14-17-8-6-7-13-19(17)3/h9-12,17-18H,4-8,13-14H2,1-3H3. The third kappa shape index (κ3) is 3.89. The van der Waals surface area contributed by atoms with Gasteiger partial charge in [0.05, 0.1) is 0 Å². The molecule has 0 amide bonds. The zero-order valence-electron chi connectivity index (χ0n) is 13.2. The quantitative estimate of drug-likeness (QED) is 0.858. The van der Waals surface area contributed by atoms with Crippen molar-refractivity contribution in [3.05, 3.63) is 24.3 Å². The molecule has 1 aliphatic rings. The molecule has 3 nitrogen and oxygen atoms in total. The lowest BCUT2D eigenvalue weighted by atomic mass is 10.0. The minimum absolute atomic E-state index is 0.686. The minimum Gasteiger partial charge on any atom is -0.383 e. The van der Waals surface area contributed by atoms with E-state index in [2.05, 4.69) is 60.3 Å². The second-order valence-electron chi connectivity index (χ2n) is 5.73. The maximum atomic E-state index is 3.59. The van der Waals surface area contributed by atoms with Crippen LogP contribution in [-0.4, -0.2) is 44.2 Å². The van der Waals surface area contributed by atoms with Crippen LogP contribution in [-0.2, 0) is 0 Å². The van der Waals surface area contributed by atoms with E-state index in [1.54, 1.807) is 0 Å². The van der Waals surface area contributed by atoms with E-state index in [9.17, 15) is 0 Å². The molecule has 1 saturated heterocycles. The fraction of sp³-hybridized carbons (Fsp3) is 0.647. The van der Waals surface area contributed by atoms with Crippen molar-refractivity contribution in [2.45, 2.75) is 39.2 Å². The number of rotatable bonds is 6. The SMILES string of the molecule is CCN(CC)c1ccc(NCC2CCCCN2C)cc1. The van der Waals surface area contributed by atoms with Gasteiger partial charge in [0.2, 0.25) is 0 Å². The highest BCUT2D eigenvalue weighted by molar-refractivity contribution is 5.55. The lowest BCUT2D eigenvalue weighted by Gasteiger charge is -2.32. The van der Waals surface area contributed by atoms with Gasteiger partial charge in [-0.3, -0.25) is 0 Å². The topological polar surface area (TPSA) is 18.5 Å². The highest BCUT2D eigenvalue weighted by Gasteiger charge is 2.18. The van der Waals surface area contributed by atoms with Gasteiger partial charge in [-0.25, -0.2) is 0 Å². The van der Waals surface area contributed by atoms with Gasteiger partial charge in [0, 0.05) is 37.1 Å². The molecule has 0 spiro atoms. The number of hydrogen-bond acceptors (Lipinski definition) is 3. The lowest BCUT2D eigenvalue weighted by molar-refractivity contribution is 0.194. The normalized spacial score (nSPS) is 19.9. The first-order valence-corrected chi connectivity index (χ1v) is 8.03. The molecule has 1 aliphatic heterocycles. The van der Waals surface area contributed by atoms with E-state index < -0.39 is 0 Å². The van der Waals surface area contributed by atoms with Gasteiger partial charge in [0.15, 0.2) is 0 Å². The smallest absolute Gasteiger partial charge is 0.0367 e. The van der Waals surface area contributed by atoms with Crippen molar-refractivity contribution in [1.29, 1.82) is 0 Å². The summed E-state index contributed by atoms with van der Waals surface area (Å²) in [5.74, 6) is 0. The lowest BCUT2D eigenvalue weighted by Crippen LogP contribution is -2.40. The van der Waals surface area contributed by atoms with E-state index >= 15 is 0 Å². The van der Waals surface area contributed by atoms with Crippen molar-refractivity contribution >= 4 is 11.4 Å². The van der Waals surface area contributed by atoms with Crippen LogP contribution in [0.1, 0.15) is 33.1 Å². The molecule has 3 heteroatoms. The van der Waals surface area contributed by atoms with Crippen molar-refractivity contribution in [2.75, 3.05) is 43.4 Å². The van der Waals surface area contributed by atoms with E-state index in [0.29, 0.717) is 6.04 Å². The van der Waals surface area contributed by atoms with Crippen molar-refractivity contribution < 1.29 is 0 Å². The summed E-state index contributed by atoms with van der Waals surface area (Å²) in [7, 11) is 2.25. The molecule has 1 unspecified atom stereocenters. The Morgan fingerprint density at radius 1 is 1.15 bits per heavy atom. The zero-order valence-corrected chi connectivity index (χ0v) is 13.2. The highest BCUT2D eigenvalue weighted by atomic mass is 15.2. The van der Waals surface area contributed by atoms with Crippen LogP contribution in [0.15, 0.2) is 24.3 Å². The van der Waals surface area contributed by atoms with Crippen molar-refractivity contribution in [3.8, 4) is 0 Å². The Hall–Kier alpha value is -1.22. The minimum atomic E-state index is 0.686. The number of anilines is 2. The number of likely N-dealkylation sites (N-methyl/N-ethyl adjacent to an activating group) is 1. The Morgan fingerprint density at radius 3 is 2.45 bits per heavy atom. The van der Waals surface area contributed by atoms with Crippen LogP contribution in [0.4, 0.5) is 11.4 Å². The summed E-state index contributed by atoms with van der Waals surface area (Å²) in [5, 5.41) is 3.59. The van der Waals surface area contributed by atoms with Crippen LogP contribution in [0.25, 0.3) is 0 Å². The molecule has 0 saturated carbocycles. The van der Waals surface area contributed by atoms with Gasteiger partial charge >= 0.3 is 0 Å². The first-order valence-electron chi connectivity index (χ1n) is 8.03. The molecule has 0 bridgehead atoms. The highest BCUT2D eigenvalue weighted by Crippen LogP contribution is 2.19. The zero-order chi connectivity index (χ0) is 14.4. The second-order valence-corrected chi connectivity index (χ2v) is 5.73. The van der Waals surface area contributed by atoms with E-state index in [-0.39, 0.29) is 0 Å². The van der Waals surface area contributed by atoms with Crippen LogP contribution in [0.5, 0.6) is 0 Å². The summed E-state index contributed by atoms with van der Waals surface area (Å²) in [5.41, 5.74) is 2.55. The monoisotopic (exact) mass is 275 g/mol. The van der Waals surface area contributed by atoms with Crippen LogP contribution in [0.3, 0.4) is 0 Å². The van der Waals surface area contributed by atoms with Gasteiger partial charge < -0.3 is 15.1 Å². The van der Waals surface area contributed by atoms with Crippen LogP contribution in [0.2, 0.25) is 0 Å². The summed E-state index contributed by atoms with van der Waals surface area (Å²) in [4.78, 5) is 4.86. The molecule has 1 N–H and O–H groups in total. The van der Waals surface area contributed by atoms with Gasteiger partial charge in [-0.05, 0) is 64.5 Å². The van der Waals surface area contributed by atoms with Gasteiger partial charge in [-0.2, -0.15) is 0 Å². The molecule has 1 fully saturated rings. The average molecular weight is 275 g/mol. The van der Waals surface area contributed by atoms with Gasteiger partial charge in [0.1, 0.15) is 0 Å². The van der Waals surface area contributed by atoms with E-state index in [0.717, 1.165) is 19.6 Å². The van der Waals surface area contributed by atoms with Gasteiger partial charge in [0.25, 0.3) is 0 Å². The summed E-state index contributed by atoms with van der Waals surface area (Å²) in [6.07, 6.45) is 4.05. The predicted octanol–water partition coefficient (Wildman–Crippen LogP) is 3.43. The molecule has 112 valence electrons. The number of hydrogen-bond donors (Lipinski definition) is 1. The first kappa shape index (κ1) is 15.2. The van der Waals surface area contributed by atoms with Crippen molar-refractivity contribution in [2.24, 2.45) is 0 Å². The molecule has 0 aromatic heterocycles. The van der Waals surface area contributed by atoms with Crippen LogP contribution in [0, 0.1) is 0 Å². The van der Waals surface area contributed by atoms with Crippen LogP contribution < -0.4 is 10.2 Å². The molecule has 1 aromatic rings. The predicted molar refractivity (Wildman–Crippen MR) is 88.8 cm³/mol. The fourth-order valence-corrected chi connectivity index (χ4v) is 3.02. The fourth-order valence-electron chi connectivity index (χ4n) is 3.02. The molecule has 1 atom stereocenters. The number of nitrogens with one attached hydrogen (secondary N) is 1. The average Bonchev–Trinajstić information content (AvgIpc) is 2.49. The van der Waals surface area contributed by atoms with Crippen LogP contribution >= 0.6 is 0 Å². The molecular weight excluding hydrogens is 246 g/mol. The summed E-state index contributed by atoms with van der Waals surface area (Å²) >= 11 is 0. The molecule has 0 radical (unpaired) electrons. The molecule has 2 rings (SSSR count). The molecular formula is C17H29N3. The van der Waals surface area contributed by atoms with Gasteiger partial charge in [-0.15, -0.1) is 0 Å². The van der Waals surface area contributed by atoms with Crippen molar-refractivity contribution in [1.82, 2.24) is 4.90 Å².